The molecule has 9 nitrogen and oxygen atoms in total. The summed E-state index contributed by atoms with van der Waals surface area (Å²) in [6.07, 6.45) is 0.877. The number of halogens is 1. The topological polar surface area (TPSA) is 106 Å². The molecule has 1 aromatic heterocycles. The first-order valence-corrected chi connectivity index (χ1v) is 10.8. The van der Waals surface area contributed by atoms with Crippen molar-refractivity contribution in [1.29, 1.82) is 0 Å². The average Bonchev–Trinajstić information content (AvgIpc) is 2.85. The normalized spacial score (nSPS) is 13.3. The summed E-state index contributed by atoms with van der Waals surface area (Å²) in [5.74, 6) is 0.734. The van der Waals surface area contributed by atoms with Crippen LogP contribution in [0.4, 0.5) is 5.69 Å². The lowest BCUT2D eigenvalue weighted by molar-refractivity contribution is -0.132. The van der Waals surface area contributed by atoms with Crippen molar-refractivity contribution in [3.8, 4) is 11.5 Å². The van der Waals surface area contributed by atoms with Crippen LogP contribution in [-0.4, -0.2) is 47.0 Å². The van der Waals surface area contributed by atoms with Crippen LogP contribution in [0.2, 0.25) is 5.15 Å². The number of nitrogens with one attached hydrogen (secondary N) is 1. The van der Waals surface area contributed by atoms with Gasteiger partial charge in [0.05, 0.1) is 26.5 Å². The van der Waals surface area contributed by atoms with Crippen molar-refractivity contribution >= 4 is 34.8 Å². The highest BCUT2D eigenvalue weighted by molar-refractivity contribution is 6.29. The van der Waals surface area contributed by atoms with E-state index in [0.29, 0.717) is 30.0 Å². The first-order chi connectivity index (χ1) is 16.5. The second-order valence-electron chi connectivity index (χ2n) is 7.46. The monoisotopic (exact) mass is 479 g/mol. The van der Waals surface area contributed by atoms with E-state index >= 15 is 0 Å². The highest BCUT2D eigenvalue weighted by Gasteiger charge is 2.22. The van der Waals surface area contributed by atoms with Gasteiger partial charge in [-0.1, -0.05) is 23.7 Å². The number of hydrogen-bond donors (Lipinski definition) is 1. The van der Waals surface area contributed by atoms with Crippen LogP contribution in [0.25, 0.3) is 0 Å². The molecule has 174 valence electrons. The molecule has 0 atom stereocenters. The Morgan fingerprint density at radius 2 is 1.85 bits per heavy atom. The Kier molecular flexibility index (Phi) is 7.03. The lowest BCUT2D eigenvalue weighted by Gasteiger charge is -2.24. The number of ether oxygens (including phenoxy) is 2. The van der Waals surface area contributed by atoms with E-state index in [9.17, 15) is 9.59 Å². The van der Waals surface area contributed by atoms with Gasteiger partial charge in [-0.05, 0) is 48.0 Å². The molecule has 34 heavy (non-hydrogen) atoms. The third-order valence-electron chi connectivity index (χ3n) is 5.20. The van der Waals surface area contributed by atoms with E-state index in [-0.39, 0.29) is 23.3 Å². The fourth-order valence-electron chi connectivity index (χ4n) is 3.50. The van der Waals surface area contributed by atoms with Crippen LogP contribution in [0, 0.1) is 0 Å². The van der Waals surface area contributed by atoms with Gasteiger partial charge in [0, 0.05) is 24.1 Å². The first-order valence-electron chi connectivity index (χ1n) is 10.5. The lowest BCUT2D eigenvalue weighted by atomic mass is 10.0. The maximum absolute atomic E-state index is 12.6. The van der Waals surface area contributed by atoms with Crippen molar-refractivity contribution in [3.63, 3.8) is 0 Å². The molecule has 0 fully saturated rings. The summed E-state index contributed by atoms with van der Waals surface area (Å²) in [6.45, 7) is 0.264. The molecular weight excluding hydrogens is 458 g/mol. The molecule has 0 radical (unpaired) electrons. The van der Waals surface area contributed by atoms with Gasteiger partial charge in [0.25, 0.3) is 5.91 Å². The SMILES string of the molecule is COc1ccc(C2=NN(Cc3cccc(NC(=O)c4ccc(Cl)nn4)c3)C(=O)CC2)cc1OC. The standard InChI is InChI=1S/C24H22ClN5O4/c1-33-20-9-6-16(13-21(20)34-2)18-8-11-23(31)30(29-18)14-15-4-3-5-17(12-15)26-24(32)19-7-10-22(25)28-27-19/h3-7,9-10,12-13H,8,11,14H2,1-2H3,(H,26,32). The molecule has 10 heteroatoms. The van der Waals surface area contributed by atoms with E-state index in [1.165, 1.54) is 17.1 Å². The van der Waals surface area contributed by atoms with Crippen LogP contribution >= 0.6 is 11.6 Å². The molecule has 4 rings (SSSR count). The summed E-state index contributed by atoms with van der Waals surface area (Å²) >= 11 is 5.72. The summed E-state index contributed by atoms with van der Waals surface area (Å²) in [6, 6.07) is 15.7. The minimum atomic E-state index is -0.413. The minimum absolute atomic E-state index is 0.0740. The summed E-state index contributed by atoms with van der Waals surface area (Å²) in [4.78, 5) is 25.0. The van der Waals surface area contributed by atoms with Gasteiger partial charge in [0.1, 0.15) is 0 Å². The van der Waals surface area contributed by atoms with Gasteiger partial charge in [-0.15, -0.1) is 10.2 Å². The molecule has 0 unspecified atom stereocenters. The third kappa shape index (κ3) is 5.32. The molecule has 1 aliphatic rings. The zero-order chi connectivity index (χ0) is 24.1. The smallest absolute Gasteiger partial charge is 0.276 e. The number of amides is 2. The average molecular weight is 480 g/mol. The van der Waals surface area contributed by atoms with Crippen molar-refractivity contribution in [2.24, 2.45) is 5.10 Å². The Balaban J connectivity index is 1.51. The molecule has 0 aliphatic carbocycles. The van der Waals surface area contributed by atoms with Crippen LogP contribution in [0.1, 0.15) is 34.5 Å². The van der Waals surface area contributed by atoms with Crippen LogP contribution in [0.15, 0.2) is 59.7 Å². The molecule has 0 spiro atoms. The van der Waals surface area contributed by atoms with Crippen LogP contribution in [0.3, 0.4) is 0 Å². The van der Waals surface area contributed by atoms with Crippen LogP contribution in [-0.2, 0) is 11.3 Å². The molecule has 2 amide bonds. The van der Waals surface area contributed by atoms with Gasteiger partial charge in [0.15, 0.2) is 22.3 Å². The van der Waals surface area contributed by atoms with Crippen molar-refractivity contribution in [2.75, 3.05) is 19.5 Å². The molecule has 3 aromatic rings. The van der Waals surface area contributed by atoms with Gasteiger partial charge < -0.3 is 14.8 Å². The molecule has 0 saturated carbocycles. The Bertz CT molecular complexity index is 1250. The molecule has 0 saturated heterocycles. The first kappa shape index (κ1) is 23.2. The second-order valence-corrected chi connectivity index (χ2v) is 7.85. The number of carbonyl (C=O) groups is 2. The predicted molar refractivity (Wildman–Crippen MR) is 127 cm³/mol. The Hall–Kier alpha value is -3.98. The number of hydrogen-bond acceptors (Lipinski definition) is 7. The highest BCUT2D eigenvalue weighted by Crippen LogP contribution is 2.29. The van der Waals surface area contributed by atoms with Crippen LogP contribution in [0.5, 0.6) is 11.5 Å². The fourth-order valence-corrected chi connectivity index (χ4v) is 3.60. The van der Waals surface area contributed by atoms with Gasteiger partial charge in [-0.2, -0.15) is 5.10 Å². The lowest BCUT2D eigenvalue weighted by Crippen LogP contribution is -2.31. The molecule has 1 N–H and O–H groups in total. The number of nitrogens with zero attached hydrogens (tertiary/aromatic N) is 4. The largest absolute Gasteiger partial charge is 0.493 e. The number of benzene rings is 2. The number of carbonyl (C=O) groups excluding carboxylic acids is 2. The van der Waals surface area contributed by atoms with Crippen molar-refractivity contribution < 1.29 is 19.1 Å². The molecule has 2 heterocycles. The summed E-state index contributed by atoms with van der Waals surface area (Å²) < 4.78 is 10.7. The Morgan fingerprint density at radius 3 is 2.59 bits per heavy atom. The van der Waals surface area contributed by atoms with E-state index < -0.39 is 5.91 Å². The summed E-state index contributed by atoms with van der Waals surface area (Å²) in [5.41, 5.74) is 3.16. The van der Waals surface area contributed by atoms with E-state index in [1.807, 2.05) is 24.3 Å². The zero-order valence-corrected chi connectivity index (χ0v) is 19.4. The van der Waals surface area contributed by atoms with E-state index in [0.717, 1.165) is 16.8 Å². The highest BCUT2D eigenvalue weighted by atomic mass is 35.5. The third-order valence-corrected chi connectivity index (χ3v) is 5.41. The van der Waals surface area contributed by atoms with Gasteiger partial charge in [-0.3, -0.25) is 9.59 Å². The van der Waals surface area contributed by atoms with Crippen molar-refractivity contribution in [3.05, 3.63) is 76.6 Å². The van der Waals surface area contributed by atoms with Crippen LogP contribution < -0.4 is 14.8 Å². The minimum Gasteiger partial charge on any atom is -0.493 e. The Morgan fingerprint density at radius 1 is 1.03 bits per heavy atom. The number of methoxy groups -OCH3 is 2. The number of rotatable bonds is 7. The quantitative estimate of drug-likeness (QED) is 0.550. The fraction of sp³-hybridized carbons (Fsp3) is 0.208. The Labute approximate surface area is 201 Å². The molecule has 2 aromatic carbocycles. The molecule has 1 aliphatic heterocycles. The zero-order valence-electron chi connectivity index (χ0n) is 18.6. The van der Waals surface area contributed by atoms with Crippen molar-refractivity contribution in [1.82, 2.24) is 15.2 Å². The van der Waals surface area contributed by atoms with E-state index in [2.05, 4.69) is 20.6 Å². The molecular formula is C24H22ClN5O4. The van der Waals surface area contributed by atoms with E-state index in [1.54, 1.807) is 32.4 Å². The number of aromatic nitrogens is 2. The van der Waals surface area contributed by atoms with Gasteiger partial charge in [0.2, 0.25) is 5.91 Å². The summed E-state index contributed by atoms with van der Waals surface area (Å²) in [7, 11) is 3.15. The summed E-state index contributed by atoms with van der Waals surface area (Å²) in [5, 5.41) is 16.5. The number of hydrazone groups is 1. The molecule has 0 bridgehead atoms. The second kappa shape index (κ2) is 10.3. The predicted octanol–water partition coefficient (Wildman–Crippen LogP) is 3.93. The van der Waals surface area contributed by atoms with Gasteiger partial charge in [-0.25, -0.2) is 5.01 Å². The maximum Gasteiger partial charge on any atom is 0.276 e. The maximum atomic E-state index is 12.6. The van der Waals surface area contributed by atoms with Gasteiger partial charge >= 0.3 is 0 Å². The number of anilines is 1. The van der Waals surface area contributed by atoms with Crippen molar-refractivity contribution in [2.45, 2.75) is 19.4 Å². The van der Waals surface area contributed by atoms with E-state index in [4.69, 9.17) is 21.1 Å².